The highest BCUT2D eigenvalue weighted by molar-refractivity contribution is 7.09. The Morgan fingerprint density at radius 1 is 0.881 bits per heavy atom. The summed E-state index contributed by atoms with van der Waals surface area (Å²) in [6.07, 6.45) is 13.8. The average Bonchev–Trinajstić information content (AvgIpc) is 3.54. The van der Waals surface area contributed by atoms with Crippen LogP contribution in [0.1, 0.15) is 87.1 Å². The van der Waals surface area contributed by atoms with Gasteiger partial charge in [-0.2, -0.15) is 0 Å². The SMILES string of the molecule is CCCCCC1CCC(C(=O)N[C@H](CC[C@H](Cc2ccccc2)NC(=O)OCc2cncs2)Cc2ccccc2)CC1. The number of amides is 2. The van der Waals surface area contributed by atoms with Crippen molar-refractivity contribution in [1.29, 1.82) is 0 Å². The highest BCUT2D eigenvalue weighted by Gasteiger charge is 2.28. The topological polar surface area (TPSA) is 80.3 Å². The van der Waals surface area contributed by atoms with E-state index >= 15 is 0 Å². The summed E-state index contributed by atoms with van der Waals surface area (Å²) in [6, 6.07) is 20.4. The third-order valence-corrected chi connectivity index (χ3v) is 9.20. The van der Waals surface area contributed by atoms with Gasteiger partial charge in [-0.3, -0.25) is 9.78 Å². The molecule has 2 N–H and O–H groups in total. The van der Waals surface area contributed by atoms with Gasteiger partial charge in [-0.15, -0.1) is 11.3 Å². The largest absolute Gasteiger partial charge is 0.444 e. The second kappa shape index (κ2) is 17.7. The number of hydrogen-bond acceptors (Lipinski definition) is 5. The van der Waals surface area contributed by atoms with Gasteiger partial charge in [0, 0.05) is 24.2 Å². The van der Waals surface area contributed by atoms with Crippen molar-refractivity contribution >= 4 is 23.3 Å². The van der Waals surface area contributed by atoms with Crippen LogP contribution in [0, 0.1) is 11.8 Å². The van der Waals surface area contributed by atoms with Crippen LogP contribution < -0.4 is 10.6 Å². The normalized spacial score (nSPS) is 18.1. The summed E-state index contributed by atoms with van der Waals surface area (Å²) < 4.78 is 5.49. The fourth-order valence-corrected chi connectivity index (χ4v) is 6.53. The zero-order chi connectivity index (χ0) is 29.4. The van der Waals surface area contributed by atoms with E-state index in [4.69, 9.17) is 4.74 Å². The van der Waals surface area contributed by atoms with Crippen molar-refractivity contribution in [2.75, 3.05) is 0 Å². The number of carbonyl (C=O) groups is 2. The Labute approximate surface area is 255 Å². The molecule has 3 aromatic rings. The van der Waals surface area contributed by atoms with Gasteiger partial charge in [0.1, 0.15) is 6.61 Å². The van der Waals surface area contributed by atoms with Crippen LogP contribution in [0.3, 0.4) is 0 Å². The number of thiazole rings is 1. The lowest BCUT2D eigenvalue weighted by atomic mass is 9.79. The zero-order valence-electron chi connectivity index (χ0n) is 25.0. The summed E-state index contributed by atoms with van der Waals surface area (Å²) in [5, 5.41) is 6.53. The van der Waals surface area contributed by atoms with Crippen LogP contribution in [0.5, 0.6) is 0 Å². The van der Waals surface area contributed by atoms with Crippen molar-refractivity contribution in [3.63, 3.8) is 0 Å². The molecule has 0 aliphatic heterocycles. The zero-order valence-corrected chi connectivity index (χ0v) is 25.8. The molecule has 1 aromatic heterocycles. The van der Waals surface area contributed by atoms with Crippen molar-refractivity contribution in [3.8, 4) is 0 Å². The summed E-state index contributed by atoms with van der Waals surface area (Å²) >= 11 is 1.47. The first-order chi connectivity index (χ1) is 20.6. The molecule has 2 atom stereocenters. The van der Waals surface area contributed by atoms with Crippen molar-refractivity contribution in [1.82, 2.24) is 15.6 Å². The number of aromatic nitrogens is 1. The molecule has 4 rings (SSSR count). The second-order valence-electron chi connectivity index (χ2n) is 11.8. The molecule has 0 bridgehead atoms. The Bertz CT molecular complexity index is 1160. The molecule has 1 aliphatic carbocycles. The van der Waals surface area contributed by atoms with E-state index in [0.29, 0.717) is 6.42 Å². The van der Waals surface area contributed by atoms with Gasteiger partial charge >= 0.3 is 6.09 Å². The van der Waals surface area contributed by atoms with Gasteiger partial charge in [0.15, 0.2) is 0 Å². The molecule has 1 saturated carbocycles. The standard InChI is InChI=1S/C35H47N3O3S/c1-2-3-6-11-27-16-18-30(19-17-27)34(39)37-31(22-28-12-7-4-8-13-28)20-21-32(23-29-14-9-5-10-15-29)38-35(40)41-25-33-24-36-26-42-33/h4-5,7-10,12-15,24,26-27,30-32H,2-3,6,11,16-23,25H2,1H3,(H,37,39)(H,38,40)/t27?,30?,31-,32-/m1/s1. The van der Waals surface area contributed by atoms with Crippen LogP contribution >= 0.6 is 11.3 Å². The van der Waals surface area contributed by atoms with Crippen LogP contribution in [-0.2, 0) is 29.0 Å². The number of nitrogens with one attached hydrogen (secondary N) is 2. The van der Waals surface area contributed by atoms with E-state index in [9.17, 15) is 9.59 Å². The average molecular weight is 590 g/mol. The quantitative estimate of drug-likeness (QED) is 0.167. The molecular formula is C35H47N3O3S. The third kappa shape index (κ3) is 11.2. The maximum absolute atomic E-state index is 13.5. The number of hydrogen-bond donors (Lipinski definition) is 2. The fraction of sp³-hybridized carbons (Fsp3) is 0.514. The minimum atomic E-state index is -0.427. The van der Waals surface area contributed by atoms with Crippen LogP contribution in [0.25, 0.3) is 0 Å². The number of unbranched alkanes of at least 4 members (excludes halogenated alkanes) is 2. The van der Waals surface area contributed by atoms with Gasteiger partial charge in [0.2, 0.25) is 5.91 Å². The maximum atomic E-state index is 13.5. The van der Waals surface area contributed by atoms with Crippen molar-refractivity contribution in [2.24, 2.45) is 11.8 Å². The molecule has 6 nitrogen and oxygen atoms in total. The Hall–Kier alpha value is -3.19. The van der Waals surface area contributed by atoms with Gasteiger partial charge < -0.3 is 15.4 Å². The number of benzene rings is 2. The molecule has 1 fully saturated rings. The molecule has 0 radical (unpaired) electrons. The first kappa shape index (κ1) is 31.7. The third-order valence-electron chi connectivity index (χ3n) is 8.44. The van der Waals surface area contributed by atoms with E-state index < -0.39 is 6.09 Å². The highest BCUT2D eigenvalue weighted by Crippen LogP contribution is 2.32. The summed E-state index contributed by atoms with van der Waals surface area (Å²) in [4.78, 5) is 31.2. The molecular weight excluding hydrogens is 542 g/mol. The Morgan fingerprint density at radius 3 is 2.07 bits per heavy atom. The first-order valence-electron chi connectivity index (χ1n) is 15.8. The molecule has 42 heavy (non-hydrogen) atoms. The maximum Gasteiger partial charge on any atom is 0.407 e. The van der Waals surface area contributed by atoms with Crippen LogP contribution in [0.15, 0.2) is 72.4 Å². The van der Waals surface area contributed by atoms with E-state index in [1.165, 1.54) is 42.6 Å². The molecule has 0 unspecified atom stereocenters. The molecule has 0 saturated heterocycles. The molecule has 1 aliphatic rings. The fourth-order valence-electron chi connectivity index (χ4n) is 6.02. The molecule has 7 heteroatoms. The van der Waals surface area contributed by atoms with Gasteiger partial charge in [0.25, 0.3) is 0 Å². The van der Waals surface area contributed by atoms with Gasteiger partial charge in [-0.05, 0) is 68.4 Å². The van der Waals surface area contributed by atoms with Crippen molar-refractivity contribution < 1.29 is 14.3 Å². The predicted octanol–water partition coefficient (Wildman–Crippen LogP) is 7.88. The van der Waals surface area contributed by atoms with E-state index in [2.05, 4.69) is 46.8 Å². The van der Waals surface area contributed by atoms with Crippen LogP contribution in [0.4, 0.5) is 4.79 Å². The summed E-state index contributed by atoms with van der Waals surface area (Å²) in [7, 11) is 0. The van der Waals surface area contributed by atoms with Crippen molar-refractivity contribution in [3.05, 3.63) is 88.4 Å². The highest BCUT2D eigenvalue weighted by atomic mass is 32.1. The van der Waals surface area contributed by atoms with Gasteiger partial charge in [-0.1, -0.05) is 93.3 Å². The van der Waals surface area contributed by atoms with E-state index in [1.54, 1.807) is 11.7 Å². The lowest BCUT2D eigenvalue weighted by Crippen LogP contribution is -2.43. The second-order valence-corrected chi connectivity index (χ2v) is 12.7. The van der Waals surface area contributed by atoms with Crippen molar-refractivity contribution in [2.45, 2.75) is 103 Å². The predicted molar refractivity (Wildman–Crippen MR) is 170 cm³/mol. The number of alkyl carbamates (subject to hydrolysis) is 1. The lowest BCUT2D eigenvalue weighted by molar-refractivity contribution is -0.127. The smallest absolute Gasteiger partial charge is 0.407 e. The monoisotopic (exact) mass is 589 g/mol. The summed E-state index contributed by atoms with van der Waals surface area (Å²) in [5.74, 6) is 1.08. The minimum absolute atomic E-state index is 0.00420. The molecule has 1 heterocycles. The minimum Gasteiger partial charge on any atom is -0.444 e. The first-order valence-corrected chi connectivity index (χ1v) is 16.7. The molecule has 226 valence electrons. The lowest BCUT2D eigenvalue weighted by Gasteiger charge is -2.30. The van der Waals surface area contributed by atoms with Gasteiger partial charge in [-0.25, -0.2) is 4.79 Å². The van der Waals surface area contributed by atoms with E-state index in [1.807, 2.05) is 36.4 Å². The number of nitrogens with zero attached hydrogens (tertiary/aromatic N) is 1. The number of ether oxygens (including phenoxy) is 1. The summed E-state index contributed by atoms with van der Waals surface area (Å²) in [5.41, 5.74) is 4.10. The van der Waals surface area contributed by atoms with Gasteiger partial charge in [0.05, 0.1) is 10.4 Å². The Kier molecular flexibility index (Phi) is 13.4. The van der Waals surface area contributed by atoms with E-state index in [-0.39, 0.29) is 30.5 Å². The number of carbonyl (C=O) groups excluding carboxylic acids is 2. The van der Waals surface area contributed by atoms with E-state index in [0.717, 1.165) is 61.3 Å². The van der Waals surface area contributed by atoms with Crippen LogP contribution in [0.2, 0.25) is 0 Å². The molecule has 0 spiro atoms. The number of rotatable bonds is 16. The Balaban J connectivity index is 1.36. The molecule has 2 amide bonds. The summed E-state index contributed by atoms with van der Waals surface area (Å²) in [6.45, 7) is 2.46. The molecule has 2 aromatic carbocycles. The van der Waals surface area contributed by atoms with Crippen LogP contribution in [-0.4, -0.2) is 29.1 Å². The Morgan fingerprint density at radius 2 is 1.50 bits per heavy atom.